The number of ether oxygens (including phenoxy) is 1. The number of benzene rings is 1. The first-order chi connectivity index (χ1) is 12.1. The molecule has 0 bridgehead atoms. The summed E-state index contributed by atoms with van der Waals surface area (Å²) in [6.45, 7) is 4.53. The van der Waals surface area contributed by atoms with Crippen molar-refractivity contribution in [3.8, 4) is 0 Å². The monoisotopic (exact) mass is 343 g/mol. The van der Waals surface area contributed by atoms with Gasteiger partial charge in [0, 0.05) is 32.9 Å². The minimum Gasteiger partial charge on any atom is -0.370 e. The van der Waals surface area contributed by atoms with E-state index in [0.29, 0.717) is 25.3 Å². The zero-order chi connectivity index (χ0) is 17.8. The third kappa shape index (κ3) is 3.96. The Labute approximate surface area is 147 Å². The molecule has 132 valence electrons. The van der Waals surface area contributed by atoms with Gasteiger partial charge in [0.1, 0.15) is 17.7 Å². The topological polar surface area (TPSA) is 45.7 Å². The van der Waals surface area contributed by atoms with Crippen LogP contribution in [0.2, 0.25) is 0 Å². The van der Waals surface area contributed by atoms with Crippen LogP contribution in [-0.4, -0.2) is 49.1 Å². The van der Waals surface area contributed by atoms with Gasteiger partial charge in [0.2, 0.25) is 0 Å². The zero-order valence-electron chi connectivity index (χ0n) is 14.5. The molecule has 0 spiro atoms. The molecule has 2 aromatic rings. The first-order valence-electron chi connectivity index (χ1n) is 8.42. The highest BCUT2D eigenvalue weighted by molar-refractivity contribution is 5.93. The molecule has 0 radical (unpaired) electrons. The molecular formula is C19H22FN3O2. The van der Waals surface area contributed by atoms with E-state index in [1.165, 1.54) is 12.1 Å². The molecule has 25 heavy (non-hydrogen) atoms. The molecule has 0 N–H and O–H groups in total. The largest absolute Gasteiger partial charge is 0.370 e. The number of halogens is 1. The van der Waals surface area contributed by atoms with Gasteiger partial charge in [-0.15, -0.1) is 0 Å². The van der Waals surface area contributed by atoms with Crippen molar-refractivity contribution >= 4 is 11.7 Å². The maximum atomic E-state index is 13.1. The number of morpholine rings is 1. The first-order valence-corrected chi connectivity index (χ1v) is 8.42. The Balaban J connectivity index is 1.71. The molecule has 1 aromatic heterocycles. The Hall–Kier alpha value is -2.47. The summed E-state index contributed by atoms with van der Waals surface area (Å²) in [7, 11) is 1.77. The smallest absolute Gasteiger partial charge is 0.255 e. The number of carbonyl (C=O) groups excluding carboxylic acids is 1. The zero-order valence-corrected chi connectivity index (χ0v) is 14.5. The van der Waals surface area contributed by atoms with Crippen molar-refractivity contribution < 1.29 is 13.9 Å². The third-order valence-corrected chi connectivity index (χ3v) is 4.45. The van der Waals surface area contributed by atoms with Crippen LogP contribution >= 0.6 is 0 Å². The number of rotatable bonds is 4. The maximum absolute atomic E-state index is 13.1. The lowest BCUT2D eigenvalue weighted by molar-refractivity contribution is 0.0395. The van der Waals surface area contributed by atoms with Gasteiger partial charge in [0.15, 0.2) is 0 Å². The lowest BCUT2D eigenvalue weighted by Gasteiger charge is -2.34. The second-order valence-electron chi connectivity index (χ2n) is 6.08. The second-order valence-corrected chi connectivity index (χ2v) is 6.08. The predicted molar refractivity (Wildman–Crippen MR) is 94.2 cm³/mol. The molecule has 1 saturated heterocycles. The van der Waals surface area contributed by atoms with E-state index in [4.69, 9.17) is 4.74 Å². The fraction of sp³-hybridized carbons (Fsp3) is 0.368. The van der Waals surface area contributed by atoms with Gasteiger partial charge in [-0.1, -0.05) is 12.1 Å². The molecule has 1 aromatic carbocycles. The molecule has 1 amide bonds. The molecule has 1 aliphatic rings. The minimum absolute atomic E-state index is 0.0345. The Morgan fingerprint density at radius 3 is 2.72 bits per heavy atom. The van der Waals surface area contributed by atoms with Gasteiger partial charge < -0.3 is 14.5 Å². The number of aromatic nitrogens is 1. The fourth-order valence-corrected chi connectivity index (χ4v) is 2.80. The number of carbonyl (C=O) groups is 1. The first kappa shape index (κ1) is 17.4. The van der Waals surface area contributed by atoms with E-state index in [2.05, 4.69) is 9.88 Å². The van der Waals surface area contributed by atoms with Gasteiger partial charge >= 0.3 is 0 Å². The van der Waals surface area contributed by atoms with Crippen LogP contribution in [0.1, 0.15) is 28.9 Å². The van der Waals surface area contributed by atoms with Crippen LogP contribution in [0, 0.1) is 5.82 Å². The maximum Gasteiger partial charge on any atom is 0.255 e. The van der Waals surface area contributed by atoms with E-state index >= 15 is 0 Å². The molecule has 2 heterocycles. The van der Waals surface area contributed by atoms with Gasteiger partial charge in [-0.25, -0.2) is 9.37 Å². The van der Waals surface area contributed by atoms with E-state index in [1.54, 1.807) is 36.3 Å². The third-order valence-electron chi connectivity index (χ3n) is 4.45. The van der Waals surface area contributed by atoms with Crippen molar-refractivity contribution in [3.63, 3.8) is 0 Å². The molecule has 0 unspecified atom stereocenters. The normalized spacial score (nSPS) is 17.4. The van der Waals surface area contributed by atoms with Crippen molar-refractivity contribution in [2.45, 2.75) is 13.0 Å². The summed E-state index contributed by atoms with van der Waals surface area (Å²) in [5, 5.41) is 0. The number of nitrogens with zero attached hydrogens (tertiary/aromatic N) is 3. The van der Waals surface area contributed by atoms with Crippen LogP contribution in [-0.2, 0) is 4.74 Å². The summed E-state index contributed by atoms with van der Waals surface area (Å²) in [5.41, 5.74) is 1.53. The average molecular weight is 343 g/mol. The van der Waals surface area contributed by atoms with E-state index in [1.807, 2.05) is 13.0 Å². The summed E-state index contributed by atoms with van der Waals surface area (Å²) in [4.78, 5) is 20.4. The van der Waals surface area contributed by atoms with E-state index < -0.39 is 0 Å². The summed E-state index contributed by atoms with van der Waals surface area (Å²) >= 11 is 0. The van der Waals surface area contributed by atoms with Crippen LogP contribution in [0.3, 0.4) is 0 Å². The van der Waals surface area contributed by atoms with Crippen molar-refractivity contribution in [3.05, 3.63) is 59.5 Å². The Bertz CT molecular complexity index is 718. The lowest BCUT2D eigenvalue weighted by atomic mass is 10.1. The Morgan fingerprint density at radius 2 is 2.08 bits per heavy atom. The number of amides is 1. The van der Waals surface area contributed by atoms with Gasteiger partial charge in [-0.3, -0.25) is 4.79 Å². The SMILES string of the molecule is CCN(C)C(=O)c1ccc(N2CCO[C@H](c3ccc(F)cc3)C2)nc1. The number of hydrogen-bond acceptors (Lipinski definition) is 4. The molecule has 1 atom stereocenters. The van der Waals surface area contributed by atoms with Crippen molar-refractivity contribution in [2.75, 3.05) is 38.2 Å². The number of pyridine rings is 1. The number of anilines is 1. The predicted octanol–water partition coefficient (Wildman–Crippen LogP) is 2.89. The quantitative estimate of drug-likeness (QED) is 0.856. The van der Waals surface area contributed by atoms with Crippen LogP contribution in [0.25, 0.3) is 0 Å². The summed E-state index contributed by atoms with van der Waals surface area (Å²) < 4.78 is 18.9. The molecule has 3 rings (SSSR count). The molecule has 1 fully saturated rings. The highest BCUT2D eigenvalue weighted by Crippen LogP contribution is 2.25. The highest BCUT2D eigenvalue weighted by atomic mass is 19.1. The molecule has 0 aliphatic carbocycles. The summed E-state index contributed by atoms with van der Waals surface area (Å²) in [6.07, 6.45) is 1.50. The highest BCUT2D eigenvalue weighted by Gasteiger charge is 2.23. The summed E-state index contributed by atoms with van der Waals surface area (Å²) in [5.74, 6) is 0.522. The molecule has 6 heteroatoms. The van der Waals surface area contributed by atoms with Crippen LogP contribution in [0.5, 0.6) is 0 Å². The van der Waals surface area contributed by atoms with Crippen molar-refractivity contribution in [1.29, 1.82) is 0 Å². The van der Waals surface area contributed by atoms with Crippen molar-refractivity contribution in [2.24, 2.45) is 0 Å². The van der Waals surface area contributed by atoms with Gasteiger partial charge in [0.25, 0.3) is 5.91 Å². The molecule has 0 saturated carbocycles. The average Bonchev–Trinajstić information content (AvgIpc) is 2.67. The summed E-state index contributed by atoms with van der Waals surface area (Å²) in [6, 6.07) is 10.1. The molecule has 1 aliphatic heterocycles. The van der Waals surface area contributed by atoms with E-state index in [-0.39, 0.29) is 17.8 Å². The van der Waals surface area contributed by atoms with Crippen LogP contribution < -0.4 is 4.90 Å². The van der Waals surface area contributed by atoms with Gasteiger partial charge in [0.05, 0.1) is 12.2 Å². The van der Waals surface area contributed by atoms with Crippen LogP contribution in [0.4, 0.5) is 10.2 Å². The molecule has 5 nitrogen and oxygen atoms in total. The number of hydrogen-bond donors (Lipinski definition) is 0. The van der Waals surface area contributed by atoms with E-state index in [0.717, 1.165) is 17.9 Å². The van der Waals surface area contributed by atoms with Crippen molar-refractivity contribution in [1.82, 2.24) is 9.88 Å². The Kier molecular flexibility index (Phi) is 5.28. The Morgan fingerprint density at radius 1 is 1.32 bits per heavy atom. The second kappa shape index (κ2) is 7.61. The lowest BCUT2D eigenvalue weighted by Crippen LogP contribution is -2.38. The standard InChI is InChI=1S/C19H22FN3O2/c1-3-22(2)19(24)15-6-9-18(21-12-15)23-10-11-25-17(13-23)14-4-7-16(20)8-5-14/h4-9,12,17H,3,10-11,13H2,1-2H3/t17-/m0/s1. The van der Waals surface area contributed by atoms with Gasteiger partial charge in [-0.2, -0.15) is 0 Å². The minimum atomic E-state index is -0.254. The molecular weight excluding hydrogens is 321 g/mol. The fourth-order valence-electron chi connectivity index (χ4n) is 2.80. The van der Waals surface area contributed by atoms with Crippen LogP contribution in [0.15, 0.2) is 42.6 Å². The van der Waals surface area contributed by atoms with E-state index in [9.17, 15) is 9.18 Å². The van der Waals surface area contributed by atoms with Gasteiger partial charge in [-0.05, 0) is 36.8 Å².